The summed E-state index contributed by atoms with van der Waals surface area (Å²) in [7, 11) is 0. The van der Waals surface area contributed by atoms with Crippen LogP contribution in [0.2, 0.25) is 0 Å². The summed E-state index contributed by atoms with van der Waals surface area (Å²) < 4.78 is 0. The first kappa shape index (κ1) is 25.1. The fraction of sp³-hybridized carbons (Fsp3) is 0.562. The van der Waals surface area contributed by atoms with E-state index in [-0.39, 0.29) is 41.9 Å². The van der Waals surface area contributed by atoms with Gasteiger partial charge in [0.05, 0.1) is 23.8 Å². The van der Waals surface area contributed by atoms with Crippen LogP contribution < -0.4 is 35.9 Å². The average molecular weight is 442 g/mol. The molecule has 2 saturated heterocycles. The van der Waals surface area contributed by atoms with Crippen LogP contribution in [-0.4, -0.2) is 53.6 Å². The van der Waals surface area contributed by atoms with Crippen LogP contribution in [-0.2, 0) is 17.1 Å². The van der Waals surface area contributed by atoms with Crippen LogP contribution in [0.15, 0.2) is 22.3 Å². The number of pyridine rings is 1. The summed E-state index contributed by atoms with van der Waals surface area (Å²) in [6.45, 7) is 6.27. The summed E-state index contributed by atoms with van der Waals surface area (Å²) in [4.78, 5) is 4.55. The maximum Gasteiger partial charge on any atom is 2.00 e. The van der Waals surface area contributed by atoms with Crippen molar-refractivity contribution in [3.63, 3.8) is 0 Å². The Morgan fingerprint density at radius 3 is 1.62 bits per heavy atom. The maximum absolute atomic E-state index is 4.55. The van der Waals surface area contributed by atoms with E-state index in [1.54, 1.807) is 12.4 Å². The van der Waals surface area contributed by atoms with Crippen LogP contribution in [0.1, 0.15) is 42.6 Å². The Morgan fingerprint density at radius 2 is 1.23 bits per heavy atom. The molecule has 3 heterocycles. The molecule has 7 nitrogen and oxygen atoms in total. The molecule has 26 heavy (non-hydrogen) atoms. The Labute approximate surface area is 178 Å². The van der Waals surface area contributed by atoms with E-state index in [1.807, 2.05) is 12.1 Å². The van der Waals surface area contributed by atoms with Gasteiger partial charge < -0.3 is 24.8 Å². The van der Waals surface area contributed by atoms with Gasteiger partial charge in [0.25, 0.3) is 0 Å². The monoisotopic (exact) mass is 441 g/mol. The van der Waals surface area contributed by atoms with Gasteiger partial charge in [0.2, 0.25) is 0 Å². The molecule has 146 valence electrons. The number of nitrogens with one attached hydrogen (secondary N) is 2. The van der Waals surface area contributed by atoms with E-state index in [2.05, 4.69) is 43.2 Å². The topological polar surface area (TPSA) is 68.1 Å². The maximum atomic E-state index is 4.55. The van der Waals surface area contributed by atoms with Crippen molar-refractivity contribution < 1.29 is 41.9 Å². The fourth-order valence-corrected chi connectivity index (χ4v) is 2.84. The van der Waals surface area contributed by atoms with Gasteiger partial charge in [-0.1, -0.05) is 0 Å². The quantitative estimate of drug-likeness (QED) is 0.263. The molecule has 0 atom stereocenters. The van der Waals surface area contributed by atoms with Gasteiger partial charge in [0.1, 0.15) is 0 Å². The van der Waals surface area contributed by atoms with Crippen LogP contribution >= 0.6 is 0 Å². The van der Waals surface area contributed by atoms with E-state index in [1.165, 1.54) is 25.7 Å². The second-order valence-electron chi connectivity index (χ2n) is 6.10. The number of hydrazone groups is 2. The number of aryl methyl sites for hydroxylation is 1. The van der Waals surface area contributed by atoms with E-state index in [0.29, 0.717) is 0 Å². The van der Waals surface area contributed by atoms with Crippen molar-refractivity contribution in [2.24, 2.45) is 10.2 Å². The number of hydrazine groups is 2. The van der Waals surface area contributed by atoms with E-state index >= 15 is 0 Å². The summed E-state index contributed by atoms with van der Waals surface area (Å²) in [5, 5.41) is 12.8. The number of halogens is 2. The summed E-state index contributed by atoms with van der Waals surface area (Å²) >= 11 is 0. The van der Waals surface area contributed by atoms with Crippen molar-refractivity contribution in [2.75, 3.05) is 26.2 Å². The molecule has 1 aromatic heterocycles. The molecular formula is C16H25Cl2FeN7. The van der Waals surface area contributed by atoms with Crippen molar-refractivity contribution in [1.29, 1.82) is 0 Å². The number of hydrogen-bond acceptors (Lipinski definition) is 7. The van der Waals surface area contributed by atoms with Crippen LogP contribution in [0.5, 0.6) is 0 Å². The largest absolute Gasteiger partial charge is 2.00 e. The second kappa shape index (κ2) is 13.3. The molecular weight excluding hydrogens is 417 g/mol. The molecule has 1 aromatic rings. The SMILES string of the molecule is Cc1cc(C=NNN2CCCC2)nc(C=NNN2CCCC2)c1.[Cl-].[Cl-].[Fe+2]. The predicted molar refractivity (Wildman–Crippen MR) is 92.0 cm³/mol. The second-order valence-corrected chi connectivity index (χ2v) is 6.10. The predicted octanol–water partition coefficient (Wildman–Crippen LogP) is -4.74. The third-order valence-electron chi connectivity index (χ3n) is 4.01. The molecule has 0 amide bonds. The molecule has 0 bridgehead atoms. The third-order valence-corrected chi connectivity index (χ3v) is 4.01. The molecule has 2 aliphatic heterocycles. The van der Waals surface area contributed by atoms with Crippen molar-refractivity contribution in [2.45, 2.75) is 32.6 Å². The van der Waals surface area contributed by atoms with Crippen molar-refractivity contribution in [3.8, 4) is 0 Å². The molecule has 2 aliphatic rings. The molecule has 2 fully saturated rings. The molecule has 0 saturated carbocycles. The zero-order chi connectivity index (χ0) is 15.9. The van der Waals surface area contributed by atoms with Crippen molar-refractivity contribution in [1.82, 2.24) is 26.1 Å². The van der Waals surface area contributed by atoms with Gasteiger partial charge in [-0.15, -0.1) is 0 Å². The number of rotatable bonds is 6. The van der Waals surface area contributed by atoms with E-state index < -0.39 is 0 Å². The zero-order valence-corrected chi connectivity index (χ0v) is 17.4. The van der Waals surface area contributed by atoms with Gasteiger partial charge in [-0.05, 0) is 50.3 Å². The summed E-state index contributed by atoms with van der Waals surface area (Å²) in [5.74, 6) is 0. The molecule has 3 rings (SSSR count). The Bertz CT molecular complexity index is 527. The van der Waals surface area contributed by atoms with Gasteiger partial charge in [-0.2, -0.15) is 10.2 Å². The van der Waals surface area contributed by atoms with E-state index in [9.17, 15) is 0 Å². The van der Waals surface area contributed by atoms with Crippen LogP contribution in [0, 0.1) is 6.92 Å². The summed E-state index contributed by atoms with van der Waals surface area (Å²) in [5.41, 5.74) is 8.93. The number of aromatic nitrogens is 1. The minimum atomic E-state index is 0. The Balaban J connectivity index is 0.00000208. The molecule has 10 heteroatoms. The van der Waals surface area contributed by atoms with Crippen molar-refractivity contribution >= 4 is 12.4 Å². The molecule has 0 unspecified atom stereocenters. The molecule has 0 radical (unpaired) electrons. The normalized spacial score (nSPS) is 17.7. The number of nitrogens with zero attached hydrogens (tertiary/aromatic N) is 5. The zero-order valence-electron chi connectivity index (χ0n) is 14.8. The fourth-order valence-electron chi connectivity index (χ4n) is 2.84. The molecule has 0 aromatic carbocycles. The first-order chi connectivity index (χ1) is 11.3. The molecule has 2 N–H and O–H groups in total. The minimum absolute atomic E-state index is 0. The van der Waals surface area contributed by atoms with Gasteiger partial charge in [-0.25, -0.2) is 26.1 Å². The summed E-state index contributed by atoms with van der Waals surface area (Å²) in [6.07, 6.45) is 8.45. The van der Waals surface area contributed by atoms with Crippen LogP contribution in [0.3, 0.4) is 0 Å². The van der Waals surface area contributed by atoms with E-state index in [0.717, 1.165) is 43.1 Å². The average Bonchev–Trinajstić information content (AvgIpc) is 3.20. The van der Waals surface area contributed by atoms with E-state index in [4.69, 9.17) is 0 Å². The standard InChI is InChI=1S/C16H25N7.2ClH.Fe/c1-14-10-15(12-17-20-22-6-2-3-7-22)19-16(11-14)13-18-21-23-8-4-5-9-23;;;/h10-13,20-21H,2-9H2,1H3;2*1H;/q;;;+2/p-2. The molecule has 0 aliphatic carbocycles. The smallest absolute Gasteiger partial charge is 1.00 e. The van der Waals surface area contributed by atoms with Gasteiger partial charge in [0.15, 0.2) is 0 Å². The van der Waals surface area contributed by atoms with Gasteiger partial charge in [0, 0.05) is 26.2 Å². The summed E-state index contributed by atoms with van der Waals surface area (Å²) in [6, 6.07) is 4.03. The first-order valence-corrected chi connectivity index (χ1v) is 8.36. The van der Waals surface area contributed by atoms with Gasteiger partial charge in [-0.3, -0.25) is 0 Å². The first-order valence-electron chi connectivity index (χ1n) is 8.36. The molecule has 0 spiro atoms. The number of hydrogen-bond donors (Lipinski definition) is 2. The third kappa shape index (κ3) is 8.20. The Hall–Kier alpha value is -0.891. The Kier molecular flexibility index (Phi) is 12.8. The van der Waals surface area contributed by atoms with Crippen LogP contribution in [0.4, 0.5) is 0 Å². The van der Waals surface area contributed by atoms with Gasteiger partial charge >= 0.3 is 17.1 Å². The van der Waals surface area contributed by atoms with Crippen LogP contribution in [0.25, 0.3) is 0 Å². The minimum Gasteiger partial charge on any atom is -1.00 e. The Morgan fingerprint density at radius 1 is 0.846 bits per heavy atom. The van der Waals surface area contributed by atoms with Crippen molar-refractivity contribution in [3.05, 3.63) is 29.1 Å².